The first-order chi connectivity index (χ1) is 10.5. The van der Waals surface area contributed by atoms with Crippen LogP contribution in [0.2, 0.25) is 15.1 Å². The van der Waals surface area contributed by atoms with Crippen LogP contribution in [0.15, 0.2) is 42.5 Å². The number of thioether (sulfide) groups is 1. The van der Waals surface area contributed by atoms with E-state index in [0.717, 1.165) is 5.75 Å². The average Bonchev–Trinajstić information content (AvgIpc) is 2.49. The minimum absolute atomic E-state index is 0.146. The summed E-state index contributed by atoms with van der Waals surface area (Å²) in [5, 5.41) is 3.61. The van der Waals surface area contributed by atoms with E-state index in [2.05, 4.69) is 5.32 Å². The smallest absolute Gasteiger partial charge is 0.237 e. The minimum Gasteiger partial charge on any atom is -0.323 e. The second-order valence-electron chi connectivity index (χ2n) is 4.67. The fraction of sp³-hybridized carbons (Fsp3) is 0.188. The largest absolute Gasteiger partial charge is 0.323 e. The highest BCUT2D eigenvalue weighted by atomic mass is 35.5. The van der Waals surface area contributed by atoms with Crippen molar-refractivity contribution in [1.82, 2.24) is 0 Å². The van der Waals surface area contributed by atoms with Crippen molar-refractivity contribution in [3.63, 3.8) is 0 Å². The van der Waals surface area contributed by atoms with Gasteiger partial charge in [-0.2, -0.15) is 0 Å². The maximum Gasteiger partial charge on any atom is 0.237 e. The molecule has 0 fully saturated rings. The molecule has 0 aliphatic heterocycles. The van der Waals surface area contributed by atoms with Crippen LogP contribution in [0.4, 0.5) is 5.69 Å². The molecule has 0 unspecified atom stereocenters. The van der Waals surface area contributed by atoms with E-state index < -0.39 is 0 Å². The molecule has 116 valence electrons. The normalized spacial score (nSPS) is 12.0. The number of anilines is 1. The van der Waals surface area contributed by atoms with Gasteiger partial charge in [-0.3, -0.25) is 4.79 Å². The number of hydrogen-bond donors (Lipinski definition) is 1. The summed E-state index contributed by atoms with van der Waals surface area (Å²) in [5.41, 5.74) is 1.57. The van der Waals surface area contributed by atoms with E-state index >= 15 is 0 Å². The highest BCUT2D eigenvalue weighted by Crippen LogP contribution is 2.34. The summed E-state index contributed by atoms with van der Waals surface area (Å²) in [6, 6.07) is 13.1. The Morgan fingerprint density at radius 1 is 1.14 bits per heavy atom. The van der Waals surface area contributed by atoms with Gasteiger partial charge in [0.1, 0.15) is 0 Å². The molecule has 2 nitrogen and oxygen atoms in total. The number of nitrogens with one attached hydrogen (secondary N) is 1. The molecule has 0 aliphatic carbocycles. The summed E-state index contributed by atoms with van der Waals surface area (Å²) in [5.74, 6) is 0.615. The van der Waals surface area contributed by atoms with E-state index in [1.165, 1.54) is 5.56 Å². The molecule has 0 heterocycles. The number of benzene rings is 2. The van der Waals surface area contributed by atoms with Gasteiger partial charge in [-0.05, 0) is 24.6 Å². The Bertz CT molecular complexity index is 641. The molecule has 2 aromatic carbocycles. The summed E-state index contributed by atoms with van der Waals surface area (Å²) in [7, 11) is 0. The Morgan fingerprint density at radius 2 is 1.73 bits per heavy atom. The Balaban J connectivity index is 1.97. The minimum atomic E-state index is -0.233. The molecule has 1 N–H and O–H groups in total. The first-order valence-electron chi connectivity index (χ1n) is 6.58. The van der Waals surface area contributed by atoms with Crippen LogP contribution in [0.3, 0.4) is 0 Å². The lowest BCUT2D eigenvalue weighted by Gasteiger charge is -2.14. The Morgan fingerprint density at radius 3 is 2.32 bits per heavy atom. The standard InChI is InChI=1S/C16H14Cl3NOS/c1-10(22-9-11-5-3-2-4-6-11)16(21)20-15-13(18)7-12(17)8-14(15)19/h2-8,10H,9H2,1H3,(H,20,21)/t10-/m0/s1. The third kappa shape index (κ3) is 4.82. The van der Waals surface area contributed by atoms with Gasteiger partial charge >= 0.3 is 0 Å². The molecule has 22 heavy (non-hydrogen) atoms. The topological polar surface area (TPSA) is 29.1 Å². The second-order valence-corrected chi connectivity index (χ2v) is 7.25. The van der Waals surface area contributed by atoms with Gasteiger partial charge in [-0.15, -0.1) is 11.8 Å². The molecule has 1 atom stereocenters. The SMILES string of the molecule is C[C@H](SCc1ccccc1)C(=O)Nc1c(Cl)cc(Cl)cc1Cl. The van der Waals surface area contributed by atoms with Gasteiger partial charge in [0.2, 0.25) is 5.91 Å². The fourth-order valence-electron chi connectivity index (χ4n) is 1.76. The van der Waals surface area contributed by atoms with Crippen molar-refractivity contribution >= 4 is 58.2 Å². The summed E-state index contributed by atoms with van der Waals surface area (Å²) in [6.45, 7) is 1.85. The summed E-state index contributed by atoms with van der Waals surface area (Å²) in [6.07, 6.45) is 0. The third-order valence-electron chi connectivity index (χ3n) is 2.97. The van der Waals surface area contributed by atoms with Crippen molar-refractivity contribution in [3.05, 3.63) is 63.1 Å². The predicted octanol–water partition coefficient (Wildman–Crippen LogP) is 5.91. The molecule has 0 radical (unpaired) electrons. The Hall–Kier alpha value is -0.870. The van der Waals surface area contributed by atoms with Crippen LogP contribution in [0.1, 0.15) is 12.5 Å². The van der Waals surface area contributed by atoms with E-state index in [0.29, 0.717) is 20.8 Å². The maximum atomic E-state index is 12.2. The van der Waals surface area contributed by atoms with E-state index in [1.807, 2.05) is 37.3 Å². The van der Waals surface area contributed by atoms with Gasteiger partial charge in [-0.1, -0.05) is 65.1 Å². The van der Waals surface area contributed by atoms with Gasteiger partial charge in [0.25, 0.3) is 0 Å². The van der Waals surface area contributed by atoms with Crippen LogP contribution in [0, 0.1) is 0 Å². The van der Waals surface area contributed by atoms with Gasteiger partial charge in [0.05, 0.1) is 21.0 Å². The lowest BCUT2D eigenvalue weighted by atomic mass is 10.2. The van der Waals surface area contributed by atoms with Crippen LogP contribution in [-0.2, 0) is 10.5 Å². The molecule has 2 rings (SSSR count). The lowest BCUT2D eigenvalue weighted by Crippen LogP contribution is -2.23. The third-order valence-corrected chi connectivity index (χ3v) is 5.00. The number of rotatable bonds is 5. The van der Waals surface area contributed by atoms with Crippen molar-refractivity contribution < 1.29 is 4.79 Å². The summed E-state index contributed by atoms with van der Waals surface area (Å²) in [4.78, 5) is 12.2. The average molecular weight is 375 g/mol. The predicted molar refractivity (Wildman–Crippen MR) is 97.3 cm³/mol. The monoisotopic (exact) mass is 373 g/mol. The van der Waals surface area contributed by atoms with Gasteiger partial charge < -0.3 is 5.32 Å². The number of hydrogen-bond acceptors (Lipinski definition) is 2. The van der Waals surface area contributed by atoms with Crippen molar-refractivity contribution in [3.8, 4) is 0 Å². The molecule has 1 amide bonds. The Labute approximate surface area is 149 Å². The Kier molecular flexibility index (Phi) is 6.45. The maximum absolute atomic E-state index is 12.2. The zero-order valence-corrected chi connectivity index (χ0v) is 14.9. The number of carbonyl (C=O) groups is 1. The van der Waals surface area contributed by atoms with Crippen LogP contribution in [0.5, 0.6) is 0 Å². The molecule has 0 aromatic heterocycles. The molecular weight excluding hydrogens is 361 g/mol. The first kappa shape index (κ1) is 17.5. The second kappa shape index (κ2) is 8.11. The van der Waals surface area contributed by atoms with Gasteiger partial charge in [0.15, 0.2) is 0 Å². The zero-order chi connectivity index (χ0) is 16.1. The van der Waals surface area contributed by atoms with Crippen LogP contribution >= 0.6 is 46.6 Å². The van der Waals surface area contributed by atoms with Gasteiger partial charge in [-0.25, -0.2) is 0 Å². The van der Waals surface area contributed by atoms with Crippen LogP contribution in [0.25, 0.3) is 0 Å². The molecule has 0 saturated carbocycles. The molecule has 6 heteroatoms. The molecule has 0 saturated heterocycles. The highest BCUT2D eigenvalue weighted by molar-refractivity contribution is 7.99. The summed E-state index contributed by atoms with van der Waals surface area (Å²) >= 11 is 19.5. The van der Waals surface area contributed by atoms with E-state index in [9.17, 15) is 4.79 Å². The molecule has 2 aromatic rings. The van der Waals surface area contributed by atoms with Crippen molar-refractivity contribution in [1.29, 1.82) is 0 Å². The zero-order valence-electron chi connectivity index (χ0n) is 11.8. The highest BCUT2D eigenvalue weighted by Gasteiger charge is 2.17. The molecule has 0 bridgehead atoms. The van der Waals surface area contributed by atoms with Crippen molar-refractivity contribution in [2.24, 2.45) is 0 Å². The van der Waals surface area contributed by atoms with Crippen molar-refractivity contribution in [2.45, 2.75) is 17.9 Å². The lowest BCUT2D eigenvalue weighted by molar-refractivity contribution is -0.115. The van der Waals surface area contributed by atoms with Crippen molar-refractivity contribution in [2.75, 3.05) is 5.32 Å². The quantitative estimate of drug-likeness (QED) is 0.705. The molecule has 0 aliphatic rings. The van der Waals surface area contributed by atoms with E-state index in [4.69, 9.17) is 34.8 Å². The van der Waals surface area contributed by atoms with E-state index in [-0.39, 0.29) is 11.2 Å². The molecule has 0 spiro atoms. The number of halogens is 3. The summed E-state index contributed by atoms with van der Waals surface area (Å²) < 4.78 is 0. The number of carbonyl (C=O) groups excluding carboxylic acids is 1. The van der Waals surface area contributed by atoms with Crippen LogP contribution < -0.4 is 5.32 Å². The fourth-order valence-corrected chi connectivity index (χ4v) is 3.51. The first-order valence-corrected chi connectivity index (χ1v) is 8.76. The molecular formula is C16H14Cl3NOS. The van der Waals surface area contributed by atoms with Crippen LogP contribution in [-0.4, -0.2) is 11.2 Å². The van der Waals surface area contributed by atoms with E-state index in [1.54, 1.807) is 23.9 Å². The number of amides is 1. The van der Waals surface area contributed by atoms with Gasteiger partial charge in [0, 0.05) is 10.8 Å².